The first-order chi connectivity index (χ1) is 10.1. The standard InChI is InChI=1S/C16H21N3OS/c1-19(8-7-13-4-3-9-21-13)11-12-5-6-15(20-2)14(10-12)16(17)18/h3-6,9-10H,7-8,11H2,1-2H3,(H3,17,18). The Morgan fingerprint density at radius 1 is 1.38 bits per heavy atom. The van der Waals surface area contributed by atoms with Gasteiger partial charge < -0.3 is 15.4 Å². The normalized spacial score (nSPS) is 10.8. The number of hydrogen-bond donors (Lipinski definition) is 2. The maximum absolute atomic E-state index is 7.62. The molecule has 0 saturated carbocycles. The summed E-state index contributed by atoms with van der Waals surface area (Å²) in [6.07, 6.45) is 1.06. The zero-order chi connectivity index (χ0) is 15.2. The van der Waals surface area contributed by atoms with Crippen molar-refractivity contribution in [2.45, 2.75) is 13.0 Å². The highest BCUT2D eigenvalue weighted by Gasteiger charge is 2.09. The largest absolute Gasteiger partial charge is 0.496 e. The molecule has 1 aromatic heterocycles. The molecule has 0 aliphatic heterocycles. The van der Waals surface area contributed by atoms with Gasteiger partial charge in [0, 0.05) is 18.0 Å². The Balaban J connectivity index is 1.98. The van der Waals surface area contributed by atoms with Crippen molar-refractivity contribution in [3.05, 3.63) is 51.7 Å². The minimum Gasteiger partial charge on any atom is -0.496 e. The Kier molecular flexibility index (Phi) is 5.36. The number of nitrogens with two attached hydrogens (primary N) is 1. The van der Waals surface area contributed by atoms with E-state index >= 15 is 0 Å². The number of thiophene rings is 1. The summed E-state index contributed by atoms with van der Waals surface area (Å²) in [4.78, 5) is 3.67. The summed E-state index contributed by atoms with van der Waals surface area (Å²) in [5, 5.41) is 9.73. The second kappa shape index (κ2) is 7.24. The summed E-state index contributed by atoms with van der Waals surface area (Å²) < 4.78 is 5.23. The first kappa shape index (κ1) is 15.5. The van der Waals surface area contributed by atoms with Gasteiger partial charge in [0.05, 0.1) is 12.7 Å². The number of amidine groups is 1. The van der Waals surface area contributed by atoms with Gasteiger partial charge in [-0.1, -0.05) is 12.1 Å². The lowest BCUT2D eigenvalue weighted by Gasteiger charge is -2.17. The van der Waals surface area contributed by atoms with Crippen molar-refractivity contribution in [1.82, 2.24) is 4.90 Å². The molecule has 1 heterocycles. The van der Waals surface area contributed by atoms with Crippen LogP contribution >= 0.6 is 11.3 Å². The Bertz CT molecular complexity index is 596. The number of nitrogens with zero attached hydrogens (tertiary/aromatic N) is 1. The van der Waals surface area contributed by atoms with Crippen molar-refractivity contribution in [2.75, 3.05) is 20.7 Å². The molecule has 0 spiro atoms. The molecule has 5 heteroatoms. The van der Waals surface area contributed by atoms with Crippen molar-refractivity contribution in [1.29, 1.82) is 5.41 Å². The Labute approximate surface area is 129 Å². The van der Waals surface area contributed by atoms with Gasteiger partial charge >= 0.3 is 0 Å². The lowest BCUT2D eigenvalue weighted by atomic mass is 10.1. The van der Waals surface area contributed by atoms with Crippen LogP contribution in [-0.4, -0.2) is 31.4 Å². The molecule has 0 aliphatic carbocycles. The van der Waals surface area contributed by atoms with E-state index in [9.17, 15) is 0 Å². The average Bonchev–Trinajstić information content (AvgIpc) is 2.98. The molecule has 0 bridgehead atoms. The van der Waals surface area contributed by atoms with Crippen LogP contribution in [0.15, 0.2) is 35.7 Å². The summed E-state index contributed by atoms with van der Waals surface area (Å²) in [6, 6.07) is 10.1. The van der Waals surface area contributed by atoms with E-state index in [-0.39, 0.29) is 5.84 Å². The maximum Gasteiger partial charge on any atom is 0.129 e. The van der Waals surface area contributed by atoms with E-state index in [0.717, 1.165) is 25.1 Å². The number of methoxy groups -OCH3 is 1. The lowest BCUT2D eigenvalue weighted by Crippen LogP contribution is -2.21. The molecule has 0 amide bonds. The molecule has 0 atom stereocenters. The van der Waals surface area contributed by atoms with Crippen LogP contribution < -0.4 is 10.5 Å². The number of nitrogens with one attached hydrogen (secondary N) is 1. The molecule has 112 valence electrons. The minimum absolute atomic E-state index is 0.0370. The summed E-state index contributed by atoms with van der Waals surface area (Å²) in [5.74, 6) is 0.683. The summed E-state index contributed by atoms with van der Waals surface area (Å²) in [5.41, 5.74) is 7.39. The van der Waals surface area contributed by atoms with E-state index in [2.05, 4.69) is 29.5 Å². The van der Waals surface area contributed by atoms with Crippen molar-refractivity contribution >= 4 is 17.2 Å². The van der Waals surface area contributed by atoms with Gasteiger partial charge in [-0.3, -0.25) is 5.41 Å². The SMILES string of the molecule is COc1ccc(CN(C)CCc2cccs2)cc1C(=N)N. The van der Waals surface area contributed by atoms with Crippen LogP contribution in [0.2, 0.25) is 0 Å². The third-order valence-electron chi connectivity index (χ3n) is 3.33. The van der Waals surface area contributed by atoms with E-state index in [1.54, 1.807) is 18.4 Å². The molecule has 0 saturated heterocycles. The fraction of sp³-hybridized carbons (Fsp3) is 0.312. The number of likely N-dealkylation sites (N-methyl/N-ethyl adjacent to an activating group) is 1. The van der Waals surface area contributed by atoms with Crippen LogP contribution in [0.4, 0.5) is 0 Å². The van der Waals surface area contributed by atoms with Crippen LogP contribution in [0, 0.1) is 5.41 Å². The Morgan fingerprint density at radius 3 is 2.81 bits per heavy atom. The van der Waals surface area contributed by atoms with Gasteiger partial charge in [0.25, 0.3) is 0 Å². The topological polar surface area (TPSA) is 62.3 Å². The first-order valence-corrected chi connectivity index (χ1v) is 7.70. The minimum atomic E-state index is 0.0370. The van der Waals surface area contributed by atoms with Crippen molar-refractivity contribution in [3.8, 4) is 5.75 Å². The zero-order valence-corrected chi connectivity index (χ0v) is 13.2. The fourth-order valence-electron chi connectivity index (χ4n) is 2.21. The summed E-state index contributed by atoms with van der Waals surface area (Å²) in [6.45, 7) is 1.83. The Hall–Kier alpha value is -1.85. The highest BCUT2D eigenvalue weighted by molar-refractivity contribution is 7.09. The third-order valence-corrected chi connectivity index (χ3v) is 4.26. The molecule has 4 nitrogen and oxygen atoms in total. The molecular formula is C16H21N3OS. The van der Waals surface area contributed by atoms with Gasteiger partial charge in [0.2, 0.25) is 0 Å². The molecular weight excluding hydrogens is 282 g/mol. The Morgan fingerprint density at radius 2 is 2.19 bits per heavy atom. The van der Waals surface area contributed by atoms with Crippen LogP contribution in [0.3, 0.4) is 0 Å². The van der Waals surface area contributed by atoms with E-state index in [1.807, 2.05) is 18.2 Å². The van der Waals surface area contributed by atoms with Crippen molar-refractivity contribution < 1.29 is 4.74 Å². The van der Waals surface area contributed by atoms with E-state index in [1.165, 1.54) is 4.88 Å². The molecule has 0 aliphatic rings. The van der Waals surface area contributed by atoms with Crippen LogP contribution in [0.5, 0.6) is 5.75 Å². The highest BCUT2D eigenvalue weighted by atomic mass is 32.1. The van der Waals surface area contributed by atoms with E-state index in [4.69, 9.17) is 15.9 Å². The van der Waals surface area contributed by atoms with Gasteiger partial charge in [-0.25, -0.2) is 0 Å². The van der Waals surface area contributed by atoms with Crippen LogP contribution in [-0.2, 0) is 13.0 Å². The number of nitrogen functional groups attached to an aromatic ring is 1. The zero-order valence-electron chi connectivity index (χ0n) is 12.4. The van der Waals surface area contributed by atoms with Crippen molar-refractivity contribution in [2.24, 2.45) is 5.73 Å². The van der Waals surface area contributed by atoms with Gasteiger partial charge in [-0.15, -0.1) is 11.3 Å². The van der Waals surface area contributed by atoms with E-state index in [0.29, 0.717) is 11.3 Å². The predicted molar refractivity (Wildman–Crippen MR) is 88.4 cm³/mol. The molecule has 0 unspecified atom stereocenters. The molecule has 2 aromatic rings. The quantitative estimate of drug-likeness (QED) is 0.610. The first-order valence-electron chi connectivity index (χ1n) is 6.82. The smallest absolute Gasteiger partial charge is 0.129 e. The summed E-state index contributed by atoms with van der Waals surface area (Å²) in [7, 11) is 3.69. The lowest BCUT2D eigenvalue weighted by molar-refractivity contribution is 0.331. The number of hydrogen-bond acceptors (Lipinski definition) is 4. The second-order valence-electron chi connectivity index (χ2n) is 5.02. The number of rotatable bonds is 7. The predicted octanol–water partition coefficient (Wildman–Crippen LogP) is 2.72. The van der Waals surface area contributed by atoms with E-state index < -0.39 is 0 Å². The molecule has 3 N–H and O–H groups in total. The molecule has 0 fully saturated rings. The average molecular weight is 303 g/mol. The van der Waals surface area contributed by atoms with Gasteiger partial charge in [0.15, 0.2) is 0 Å². The fourth-order valence-corrected chi connectivity index (χ4v) is 2.91. The highest BCUT2D eigenvalue weighted by Crippen LogP contribution is 2.20. The van der Waals surface area contributed by atoms with Gasteiger partial charge in [-0.2, -0.15) is 0 Å². The second-order valence-corrected chi connectivity index (χ2v) is 6.05. The summed E-state index contributed by atoms with van der Waals surface area (Å²) >= 11 is 1.79. The number of ether oxygens (including phenoxy) is 1. The van der Waals surface area contributed by atoms with Gasteiger partial charge in [0.1, 0.15) is 11.6 Å². The monoisotopic (exact) mass is 303 g/mol. The third kappa shape index (κ3) is 4.31. The molecule has 21 heavy (non-hydrogen) atoms. The van der Waals surface area contributed by atoms with Crippen LogP contribution in [0.25, 0.3) is 0 Å². The van der Waals surface area contributed by atoms with Crippen LogP contribution in [0.1, 0.15) is 16.0 Å². The molecule has 2 rings (SSSR count). The maximum atomic E-state index is 7.62. The molecule has 0 radical (unpaired) electrons. The van der Waals surface area contributed by atoms with Crippen molar-refractivity contribution in [3.63, 3.8) is 0 Å². The number of benzene rings is 1. The molecule has 1 aromatic carbocycles. The van der Waals surface area contributed by atoms with Gasteiger partial charge in [-0.05, 0) is 42.6 Å².